The average Bonchev–Trinajstić information content (AvgIpc) is 2.17. The first-order valence-electron chi connectivity index (χ1n) is 4.61. The molecule has 0 amide bonds. The Morgan fingerprint density at radius 2 is 1.86 bits per heavy atom. The first kappa shape index (κ1) is 9.53. The highest BCUT2D eigenvalue weighted by atomic mass is 79.9. The second kappa shape index (κ2) is 4.01. The van der Waals surface area contributed by atoms with Crippen LogP contribution in [0.25, 0.3) is 10.8 Å². The standard InChI is InChI=1S/C12H11BrO/c1-2-14-12-6-4-9-3-5-11(13)7-10(9)8-12/h3-8H,2H2,1H3. The maximum absolute atomic E-state index is 5.44. The molecular formula is C12H11BrO. The van der Waals surface area contributed by atoms with E-state index in [1.54, 1.807) is 0 Å². The Bertz CT molecular complexity index is 451. The lowest BCUT2D eigenvalue weighted by molar-refractivity contribution is 0.341. The van der Waals surface area contributed by atoms with Crippen LogP contribution in [0.3, 0.4) is 0 Å². The average molecular weight is 251 g/mol. The van der Waals surface area contributed by atoms with Crippen LogP contribution in [0, 0.1) is 0 Å². The van der Waals surface area contributed by atoms with Crippen molar-refractivity contribution in [3.8, 4) is 5.75 Å². The van der Waals surface area contributed by atoms with E-state index in [0.717, 1.165) is 10.2 Å². The van der Waals surface area contributed by atoms with Gasteiger partial charge in [0.25, 0.3) is 0 Å². The van der Waals surface area contributed by atoms with E-state index in [0.29, 0.717) is 6.61 Å². The summed E-state index contributed by atoms with van der Waals surface area (Å²) < 4.78 is 6.53. The van der Waals surface area contributed by atoms with Gasteiger partial charge < -0.3 is 4.74 Å². The van der Waals surface area contributed by atoms with Gasteiger partial charge in [0.1, 0.15) is 5.75 Å². The second-order valence-electron chi connectivity index (χ2n) is 3.09. The Labute approximate surface area is 91.8 Å². The van der Waals surface area contributed by atoms with Crippen LogP contribution in [0.15, 0.2) is 40.9 Å². The predicted octanol–water partition coefficient (Wildman–Crippen LogP) is 4.00. The third-order valence-electron chi connectivity index (χ3n) is 2.08. The van der Waals surface area contributed by atoms with Gasteiger partial charge in [-0.15, -0.1) is 0 Å². The second-order valence-corrected chi connectivity index (χ2v) is 4.00. The molecular weight excluding hydrogens is 240 g/mol. The summed E-state index contributed by atoms with van der Waals surface area (Å²) in [4.78, 5) is 0. The highest BCUT2D eigenvalue weighted by molar-refractivity contribution is 9.10. The minimum atomic E-state index is 0.708. The van der Waals surface area contributed by atoms with Gasteiger partial charge >= 0.3 is 0 Å². The molecule has 0 radical (unpaired) electrons. The molecule has 72 valence electrons. The summed E-state index contributed by atoms with van der Waals surface area (Å²) in [5.74, 6) is 0.929. The van der Waals surface area contributed by atoms with E-state index in [4.69, 9.17) is 4.74 Å². The van der Waals surface area contributed by atoms with Gasteiger partial charge in [0.05, 0.1) is 6.61 Å². The third-order valence-corrected chi connectivity index (χ3v) is 2.58. The highest BCUT2D eigenvalue weighted by Crippen LogP contribution is 2.24. The zero-order valence-electron chi connectivity index (χ0n) is 7.96. The molecule has 2 heteroatoms. The Morgan fingerprint density at radius 3 is 2.64 bits per heavy atom. The zero-order valence-corrected chi connectivity index (χ0v) is 9.54. The molecule has 1 nitrogen and oxygen atoms in total. The predicted molar refractivity (Wildman–Crippen MR) is 62.8 cm³/mol. The fraction of sp³-hybridized carbons (Fsp3) is 0.167. The van der Waals surface area contributed by atoms with Crippen molar-refractivity contribution >= 4 is 26.7 Å². The van der Waals surface area contributed by atoms with Crippen molar-refractivity contribution in [2.45, 2.75) is 6.92 Å². The Balaban J connectivity index is 2.52. The molecule has 0 aromatic heterocycles. The molecule has 2 rings (SSSR count). The van der Waals surface area contributed by atoms with Gasteiger partial charge in [0.15, 0.2) is 0 Å². The molecule has 0 aliphatic rings. The van der Waals surface area contributed by atoms with E-state index < -0.39 is 0 Å². The molecule has 2 aromatic carbocycles. The lowest BCUT2D eigenvalue weighted by Crippen LogP contribution is -1.90. The van der Waals surface area contributed by atoms with Crippen LogP contribution in [0.5, 0.6) is 5.75 Å². The molecule has 0 aliphatic heterocycles. The molecule has 0 heterocycles. The van der Waals surface area contributed by atoms with E-state index in [9.17, 15) is 0 Å². The van der Waals surface area contributed by atoms with Gasteiger partial charge in [-0.3, -0.25) is 0 Å². The third kappa shape index (κ3) is 1.90. The molecule has 0 fully saturated rings. The van der Waals surface area contributed by atoms with Crippen molar-refractivity contribution in [1.29, 1.82) is 0 Å². The van der Waals surface area contributed by atoms with Crippen molar-refractivity contribution in [1.82, 2.24) is 0 Å². The van der Waals surface area contributed by atoms with Gasteiger partial charge in [-0.05, 0) is 42.0 Å². The van der Waals surface area contributed by atoms with Crippen molar-refractivity contribution in [3.63, 3.8) is 0 Å². The summed E-state index contributed by atoms with van der Waals surface area (Å²) in [7, 11) is 0. The summed E-state index contributed by atoms with van der Waals surface area (Å²) in [6, 6.07) is 12.4. The Morgan fingerprint density at radius 1 is 1.07 bits per heavy atom. The summed E-state index contributed by atoms with van der Waals surface area (Å²) in [5, 5.41) is 2.43. The largest absolute Gasteiger partial charge is 0.494 e. The quantitative estimate of drug-likeness (QED) is 0.783. The van der Waals surface area contributed by atoms with Crippen LogP contribution >= 0.6 is 15.9 Å². The van der Waals surface area contributed by atoms with Crippen LogP contribution in [0.4, 0.5) is 0 Å². The van der Waals surface area contributed by atoms with Gasteiger partial charge in [-0.1, -0.05) is 28.1 Å². The Hall–Kier alpha value is -1.02. The van der Waals surface area contributed by atoms with Crippen LogP contribution in [-0.2, 0) is 0 Å². The molecule has 0 N–H and O–H groups in total. The summed E-state index contributed by atoms with van der Waals surface area (Å²) >= 11 is 3.46. The topological polar surface area (TPSA) is 9.23 Å². The van der Waals surface area contributed by atoms with E-state index >= 15 is 0 Å². The van der Waals surface area contributed by atoms with Crippen molar-refractivity contribution in [2.24, 2.45) is 0 Å². The van der Waals surface area contributed by atoms with E-state index in [1.807, 2.05) is 19.1 Å². The molecule has 0 spiro atoms. The van der Waals surface area contributed by atoms with E-state index in [2.05, 4.69) is 40.2 Å². The molecule has 0 aliphatic carbocycles. The first-order chi connectivity index (χ1) is 6.79. The normalized spacial score (nSPS) is 10.4. The molecule has 0 unspecified atom stereocenters. The fourth-order valence-electron chi connectivity index (χ4n) is 1.45. The smallest absolute Gasteiger partial charge is 0.119 e. The lowest BCUT2D eigenvalue weighted by atomic mass is 10.1. The number of benzene rings is 2. The first-order valence-corrected chi connectivity index (χ1v) is 5.41. The molecule has 2 aromatic rings. The minimum Gasteiger partial charge on any atom is -0.494 e. The molecule has 14 heavy (non-hydrogen) atoms. The molecule has 0 saturated carbocycles. The number of fused-ring (bicyclic) bond motifs is 1. The maximum Gasteiger partial charge on any atom is 0.119 e. The summed E-state index contributed by atoms with van der Waals surface area (Å²) in [5.41, 5.74) is 0. The van der Waals surface area contributed by atoms with Crippen molar-refractivity contribution in [2.75, 3.05) is 6.61 Å². The maximum atomic E-state index is 5.44. The lowest BCUT2D eigenvalue weighted by Gasteiger charge is -2.04. The number of rotatable bonds is 2. The zero-order chi connectivity index (χ0) is 9.97. The van der Waals surface area contributed by atoms with Crippen LogP contribution in [-0.4, -0.2) is 6.61 Å². The van der Waals surface area contributed by atoms with Gasteiger partial charge in [-0.2, -0.15) is 0 Å². The van der Waals surface area contributed by atoms with Crippen molar-refractivity contribution < 1.29 is 4.74 Å². The van der Waals surface area contributed by atoms with Gasteiger partial charge in [0.2, 0.25) is 0 Å². The number of hydrogen-bond donors (Lipinski definition) is 0. The monoisotopic (exact) mass is 250 g/mol. The van der Waals surface area contributed by atoms with Crippen molar-refractivity contribution in [3.05, 3.63) is 40.9 Å². The summed E-state index contributed by atoms with van der Waals surface area (Å²) in [6.45, 7) is 2.70. The Kier molecular flexibility index (Phi) is 2.73. The van der Waals surface area contributed by atoms with E-state index in [-0.39, 0.29) is 0 Å². The molecule has 0 saturated heterocycles. The van der Waals surface area contributed by atoms with Gasteiger partial charge in [0, 0.05) is 4.47 Å². The number of hydrogen-bond acceptors (Lipinski definition) is 1. The van der Waals surface area contributed by atoms with Crippen LogP contribution in [0.1, 0.15) is 6.92 Å². The fourth-order valence-corrected chi connectivity index (χ4v) is 1.83. The van der Waals surface area contributed by atoms with Gasteiger partial charge in [-0.25, -0.2) is 0 Å². The summed E-state index contributed by atoms with van der Waals surface area (Å²) in [6.07, 6.45) is 0. The van der Waals surface area contributed by atoms with Crippen LogP contribution < -0.4 is 4.74 Å². The number of ether oxygens (including phenoxy) is 1. The molecule has 0 atom stereocenters. The van der Waals surface area contributed by atoms with E-state index in [1.165, 1.54) is 10.8 Å². The van der Waals surface area contributed by atoms with Crippen LogP contribution in [0.2, 0.25) is 0 Å². The number of halogens is 1. The minimum absolute atomic E-state index is 0.708. The molecule has 0 bridgehead atoms. The highest BCUT2D eigenvalue weighted by Gasteiger charge is 1.97. The SMILES string of the molecule is CCOc1ccc2ccc(Br)cc2c1.